The predicted octanol–water partition coefficient (Wildman–Crippen LogP) is 2.16. The lowest BCUT2D eigenvalue weighted by molar-refractivity contribution is -0.155. The fourth-order valence-electron chi connectivity index (χ4n) is 3.99. The summed E-state index contributed by atoms with van der Waals surface area (Å²) in [7, 11) is 0. The van der Waals surface area contributed by atoms with Crippen molar-refractivity contribution in [2.45, 2.75) is 25.8 Å². The number of hydrogen-bond acceptors (Lipinski definition) is 7. The van der Waals surface area contributed by atoms with Crippen LogP contribution in [0.3, 0.4) is 0 Å². The molecule has 1 amide bonds. The Kier molecular flexibility index (Phi) is 5.63. The molecule has 2 aromatic heterocycles. The van der Waals surface area contributed by atoms with Crippen molar-refractivity contribution in [2.24, 2.45) is 5.41 Å². The van der Waals surface area contributed by atoms with E-state index in [9.17, 15) is 23.2 Å². The third-order valence-electron chi connectivity index (χ3n) is 5.74. The number of halogens is 3. The van der Waals surface area contributed by atoms with Gasteiger partial charge >= 0.3 is 0 Å². The minimum absolute atomic E-state index is 0.0376. The molecule has 0 bridgehead atoms. The van der Waals surface area contributed by atoms with Crippen LogP contribution in [-0.2, 0) is 11.3 Å². The van der Waals surface area contributed by atoms with Gasteiger partial charge < -0.3 is 14.5 Å². The molecular formula is C20H19F3N6O2. The molecule has 1 fully saturated rings. The van der Waals surface area contributed by atoms with Crippen molar-refractivity contribution in [1.29, 1.82) is 5.26 Å². The first-order chi connectivity index (χ1) is 14.9. The molecule has 8 nitrogen and oxygen atoms in total. The van der Waals surface area contributed by atoms with Crippen molar-refractivity contribution in [2.75, 3.05) is 31.1 Å². The zero-order valence-electron chi connectivity index (χ0n) is 16.5. The van der Waals surface area contributed by atoms with Crippen LogP contribution < -0.4 is 9.64 Å². The van der Waals surface area contributed by atoms with E-state index in [2.05, 4.69) is 15.0 Å². The molecule has 0 radical (unpaired) electrons. The normalized spacial score (nSPS) is 18.0. The molecule has 2 aromatic rings. The third-order valence-corrected chi connectivity index (χ3v) is 5.74. The molecule has 162 valence electrons. The van der Waals surface area contributed by atoms with Gasteiger partial charge in [-0.05, 0) is 12.8 Å². The number of carbonyl (C=O) groups excluding carboxylic acids is 1. The summed E-state index contributed by atoms with van der Waals surface area (Å²) >= 11 is 0. The number of fused-ring (bicyclic) bond motifs is 1. The van der Waals surface area contributed by atoms with Crippen LogP contribution in [0.1, 0.15) is 24.0 Å². The van der Waals surface area contributed by atoms with Gasteiger partial charge in [0.15, 0.2) is 5.82 Å². The van der Waals surface area contributed by atoms with Gasteiger partial charge in [-0.3, -0.25) is 9.78 Å². The van der Waals surface area contributed by atoms with Crippen LogP contribution in [0, 0.1) is 22.6 Å². The van der Waals surface area contributed by atoms with E-state index >= 15 is 0 Å². The molecule has 0 atom stereocenters. The molecule has 0 aliphatic carbocycles. The van der Waals surface area contributed by atoms with Crippen molar-refractivity contribution in [3.05, 3.63) is 41.7 Å². The molecule has 31 heavy (non-hydrogen) atoms. The SMILES string of the molecule is N#Cc1cncc2c1OCCN(C(=O)C1(C(F)F)CCN(c3ncc(F)cn3)CC1)C2. The van der Waals surface area contributed by atoms with E-state index in [1.54, 1.807) is 4.90 Å². The number of rotatable bonds is 3. The summed E-state index contributed by atoms with van der Waals surface area (Å²) in [4.78, 5) is 28.1. The minimum Gasteiger partial charge on any atom is -0.490 e. The maximum atomic E-state index is 14.2. The lowest BCUT2D eigenvalue weighted by Crippen LogP contribution is -2.54. The first-order valence-corrected chi connectivity index (χ1v) is 9.74. The standard InChI is InChI=1S/C20H19F3N6O2/c21-15-10-26-19(27-11-15)28-3-1-20(2-4-28,17(22)23)18(30)29-5-6-31-16-13(7-24)8-25-9-14(16)12-29/h8-11,17H,1-6,12H2. The van der Waals surface area contributed by atoms with E-state index in [-0.39, 0.29) is 57.1 Å². The Labute approximate surface area is 176 Å². The number of nitriles is 1. The number of alkyl halides is 2. The molecule has 0 aromatic carbocycles. The monoisotopic (exact) mass is 432 g/mol. The van der Waals surface area contributed by atoms with Gasteiger partial charge in [-0.2, -0.15) is 5.26 Å². The topological polar surface area (TPSA) is 95.2 Å². The van der Waals surface area contributed by atoms with Gasteiger partial charge in [0, 0.05) is 31.0 Å². The Morgan fingerprint density at radius 1 is 1.16 bits per heavy atom. The second-order valence-corrected chi connectivity index (χ2v) is 7.51. The number of anilines is 1. The van der Waals surface area contributed by atoms with E-state index in [0.717, 1.165) is 12.4 Å². The van der Waals surface area contributed by atoms with Gasteiger partial charge in [-0.15, -0.1) is 0 Å². The van der Waals surface area contributed by atoms with E-state index in [1.807, 2.05) is 6.07 Å². The molecule has 1 saturated heterocycles. The van der Waals surface area contributed by atoms with Gasteiger partial charge in [0.05, 0.1) is 25.5 Å². The smallest absolute Gasteiger partial charge is 0.253 e. The quantitative estimate of drug-likeness (QED) is 0.733. The average Bonchev–Trinajstić information content (AvgIpc) is 3.01. The van der Waals surface area contributed by atoms with Crippen molar-refractivity contribution in [3.8, 4) is 11.8 Å². The molecule has 4 rings (SSSR count). The largest absolute Gasteiger partial charge is 0.490 e. The van der Waals surface area contributed by atoms with Crippen molar-refractivity contribution in [3.63, 3.8) is 0 Å². The Bertz CT molecular complexity index is 1000. The number of piperidine rings is 1. The zero-order valence-corrected chi connectivity index (χ0v) is 16.5. The highest BCUT2D eigenvalue weighted by atomic mass is 19.3. The van der Waals surface area contributed by atoms with Gasteiger partial charge in [0.1, 0.15) is 29.4 Å². The van der Waals surface area contributed by atoms with Crippen molar-refractivity contribution < 1.29 is 22.7 Å². The van der Waals surface area contributed by atoms with Crippen LogP contribution in [0.25, 0.3) is 0 Å². The molecule has 4 heterocycles. The fraction of sp³-hybridized carbons (Fsp3) is 0.450. The van der Waals surface area contributed by atoms with Crippen LogP contribution in [0.4, 0.5) is 19.1 Å². The first-order valence-electron chi connectivity index (χ1n) is 9.74. The van der Waals surface area contributed by atoms with Crippen LogP contribution in [-0.4, -0.2) is 58.4 Å². The van der Waals surface area contributed by atoms with E-state index < -0.39 is 23.6 Å². The summed E-state index contributed by atoms with van der Waals surface area (Å²) in [5.74, 6) is -0.664. The number of aromatic nitrogens is 3. The molecule has 11 heteroatoms. The first kappa shape index (κ1) is 20.8. The Hall–Kier alpha value is -3.42. The van der Waals surface area contributed by atoms with Crippen LogP contribution in [0.15, 0.2) is 24.8 Å². The van der Waals surface area contributed by atoms with Crippen LogP contribution in [0.5, 0.6) is 5.75 Å². The van der Waals surface area contributed by atoms with Crippen LogP contribution >= 0.6 is 0 Å². The molecule has 0 N–H and O–H groups in total. The maximum Gasteiger partial charge on any atom is 0.253 e. The molecule has 2 aliphatic heterocycles. The van der Waals surface area contributed by atoms with Gasteiger partial charge in [-0.25, -0.2) is 23.1 Å². The van der Waals surface area contributed by atoms with Gasteiger partial charge in [0.25, 0.3) is 6.43 Å². The minimum atomic E-state index is -2.86. The van der Waals surface area contributed by atoms with Crippen LogP contribution in [0.2, 0.25) is 0 Å². The van der Waals surface area contributed by atoms with Gasteiger partial charge in [-0.1, -0.05) is 0 Å². The fourth-order valence-corrected chi connectivity index (χ4v) is 3.99. The number of carbonyl (C=O) groups is 1. The predicted molar refractivity (Wildman–Crippen MR) is 102 cm³/mol. The Morgan fingerprint density at radius 3 is 2.52 bits per heavy atom. The highest BCUT2D eigenvalue weighted by Gasteiger charge is 2.51. The molecule has 0 saturated carbocycles. The lowest BCUT2D eigenvalue weighted by atomic mass is 9.77. The second-order valence-electron chi connectivity index (χ2n) is 7.51. The number of ether oxygens (including phenoxy) is 1. The summed E-state index contributed by atoms with van der Waals surface area (Å²) < 4.78 is 47.2. The van der Waals surface area contributed by atoms with Gasteiger partial charge in [0.2, 0.25) is 11.9 Å². The third kappa shape index (κ3) is 3.85. The maximum absolute atomic E-state index is 14.2. The second kappa shape index (κ2) is 8.37. The lowest BCUT2D eigenvalue weighted by Gasteiger charge is -2.42. The summed E-state index contributed by atoms with van der Waals surface area (Å²) in [6.07, 6.45) is 1.83. The number of nitrogens with zero attached hydrogens (tertiary/aromatic N) is 6. The van der Waals surface area contributed by atoms with E-state index in [4.69, 9.17) is 4.74 Å². The molecule has 2 aliphatic rings. The van der Waals surface area contributed by atoms with E-state index in [0.29, 0.717) is 11.3 Å². The molecular weight excluding hydrogens is 413 g/mol. The Morgan fingerprint density at radius 2 is 1.87 bits per heavy atom. The molecule has 0 unspecified atom stereocenters. The summed E-state index contributed by atoms with van der Waals surface area (Å²) in [5, 5.41) is 9.23. The summed E-state index contributed by atoms with van der Waals surface area (Å²) in [5.41, 5.74) is -1.10. The average molecular weight is 432 g/mol. The summed E-state index contributed by atoms with van der Waals surface area (Å²) in [6.45, 7) is 0.533. The summed E-state index contributed by atoms with van der Waals surface area (Å²) in [6, 6.07) is 1.99. The Balaban J connectivity index is 1.54. The zero-order chi connectivity index (χ0) is 22.0. The molecule has 0 spiro atoms. The highest BCUT2D eigenvalue weighted by molar-refractivity contribution is 5.84. The van der Waals surface area contributed by atoms with E-state index in [1.165, 1.54) is 17.3 Å². The number of amides is 1. The highest BCUT2D eigenvalue weighted by Crippen LogP contribution is 2.41. The van der Waals surface area contributed by atoms with Crippen molar-refractivity contribution in [1.82, 2.24) is 19.9 Å². The number of pyridine rings is 1. The van der Waals surface area contributed by atoms with Crippen molar-refractivity contribution >= 4 is 11.9 Å². The number of hydrogen-bond donors (Lipinski definition) is 0.